The molecule has 15 heavy (non-hydrogen) atoms. The minimum Gasteiger partial charge on any atom is -0.508 e. The number of phenols is 1. The molecule has 0 aromatic heterocycles. The summed E-state index contributed by atoms with van der Waals surface area (Å²) >= 11 is 0. The monoisotopic (exact) mass is 204 g/mol. The Balaban J connectivity index is 2.31. The van der Waals surface area contributed by atoms with E-state index in [2.05, 4.69) is 0 Å². The molecule has 1 N–H and O–H groups in total. The van der Waals surface area contributed by atoms with E-state index in [-0.39, 0.29) is 17.3 Å². The number of phenolic OH excluding ortho intramolecular Hbond substituents is 1. The maximum absolute atomic E-state index is 11.6. The SMILES string of the molecule is O=C1CCCC(=O)C1c1ccc(O)cc1. The fourth-order valence-electron chi connectivity index (χ4n) is 1.94. The Bertz CT molecular complexity index is 376. The lowest BCUT2D eigenvalue weighted by Gasteiger charge is -2.19. The average molecular weight is 204 g/mol. The summed E-state index contributed by atoms with van der Waals surface area (Å²) in [5.74, 6) is -0.456. The lowest BCUT2D eigenvalue weighted by molar-refractivity contribution is -0.131. The van der Waals surface area contributed by atoms with Gasteiger partial charge in [-0.25, -0.2) is 0 Å². The number of rotatable bonds is 1. The highest BCUT2D eigenvalue weighted by atomic mass is 16.3. The Morgan fingerprint density at radius 3 is 2.07 bits per heavy atom. The van der Waals surface area contributed by atoms with Gasteiger partial charge in [-0.05, 0) is 24.1 Å². The largest absolute Gasteiger partial charge is 0.508 e. The van der Waals surface area contributed by atoms with Crippen LogP contribution >= 0.6 is 0 Å². The van der Waals surface area contributed by atoms with Gasteiger partial charge < -0.3 is 5.11 Å². The van der Waals surface area contributed by atoms with Gasteiger partial charge in [0.25, 0.3) is 0 Å². The van der Waals surface area contributed by atoms with Crippen molar-refractivity contribution in [2.24, 2.45) is 0 Å². The van der Waals surface area contributed by atoms with Crippen molar-refractivity contribution in [1.82, 2.24) is 0 Å². The number of Topliss-reactive ketones (excluding diaryl/α,β-unsaturated/α-hetero) is 2. The van der Waals surface area contributed by atoms with Crippen LogP contribution in [0.4, 0.5) is 0 Å². The van der Waals surface area contributed by atoms with E-state index in [9.17, 15) is 9.59 Å². The van der Waals surface area contributed by atoms with Crippen LogP contribution in [0.2, 0.25) is 0 Å². The van der Waals surface area contributed by atoms with Gasteiger partial charge in [0.1, 0.15) is 23.2 Å². The molecule has 1 aromatic rings. The lowest BCUT2D eigenvalue weighted by atomic mass is 9.82. The average Bonchev–Trinajstić information content (AvgIpc) is 2.20. The zero-order valence-electron chi connectivity index (χ0n) is 8.27. The van der Waals surface area contributed by atoms with Crippen LogP contribution < -0.4 is 0 Å². The van der Waals surface area contributed by atoms with E-state index >= 15 is 0 Å². The van der Waals surface area contributed by atoms with Gasteiger partial charge in [0.15, 0.2) is 0 Å². The standard InChI is InChI=1S/C12H12O3/c13-9-6-4-8(5-7-9)12-10(14)2-1-3-11(12)15/h4-7,12-13H,1-3H2. The van der Waals surface area contributed by atoms with Crippen molar-refractivity contribution < 1.29 is 14.7 Å². The van der Waals surface area contributed by atoms with Crippen LogP contribution in [0.15, 0.2) is 24.3 Å². The zero-order chi connectivity index (χ0) is 10.8. The fraction of sp³-hybridized carbons (Fsp3) is 0.333. The van der Waals surface area contributed by atoms with Gasteiger partial charge in [0, 0.05) is 12.8 Å². The first-order valence-electron chi connectivity index (χ1n) is 5.03. The number of hydrogen-bond donors (Lipinski definition) is 1. The van der Waals surface area contributed by atoms with E-state index in [1.165, 1.54) is 12.1 Å². The Morgan fingerprint density at radius 2 is 1.53 bits per heavy atom. The third-order valence-electron chi connectivity index (χ3n) is 2.72. The van der Waals surface area contributed by atoms with Crippen molar-refractivity contribution in [2.75, 3.05) is 0 Å². The van der Waals surface area contributed by atoms with Gasteiger partial charge in [0.2, 0.25) is 0 Å². The van der Waals surface area contributed by atoms with Crippen LogP contribution in [0, 0.1) is 0 Å². The summed E-state index contributed by atoms with van der Waals surface area (Å²) in [6.07, 6.45) is 1.64. The van der Waals surface area contributed by atoms with E-state index in [4.69, 9.17) is 5.11 Å². The molecule has 0 heterocycles. The molecular formula is C12H12O3. The molecule has 1 aliphatic rings. The van der Waals surface area contributed by atoms with Crippen molar-refractivity contribution in [3.63, 3.8) is 0 Å². The summed E-state index contributed by atoms with van der Waals surface area (Å²) in [6, 6.07) is 6.29. The van der Waals surface area contributed by atoms with Gasteiger partial charge in [-0.2, -0.15) is 0 Å². The van der Waals surface area contributed by atoms with E-state index in [1.54, 1.807) is 12.1 Å². The van der Waals surface area contributed by atoms with Crippen LogP contribution in [0.25, 0.3) is 0 Å². The van der Waals surface area contributed by atoms with Gasteiger partial charge >= 0.3 is 0 Å². The Morgan fingerprint density at radius 1 is 1.00 bits per heavy atom. The summed E-state index contributed by atoms with van der Waals surface area (Å²) < 4.78 is 0. The van der Waals surface area contributed by atoms with E-state index in [1.807, 2.05) is 0 Å². The molecule has 0 spiro atoms. The van der Waals surface area contributed by atoms with Crippen molar-refractivity contribution in [3.05, 3.63) is 29.8 Å². The molecule has 1 aromatic carbocycles. The van der Waals surface area contributed by atoms with Gasteiger partial charge in [-0.3, -0.25) is 9.59 Å². The molecule has 0 aliphatic heterocycles. The molecule has 0 saturated heterocycles. The molecule has 1 fully saturated rings. The highest BCUT2D eigenvalue weighted by Crippen LogP contribution is 2.27. The molecule has 0 unspecified atom stereocenters. The second-order valence-corrected chi connectivity index (χ2v) is 3.81. The minimum atomic E-state index is -0.598. The van der Waals surface area contributed by atoms with Gasteiger partial charge in [-0.1, -0.05) is 12.1 Å². The van der Waals surface area contributed by atoms with E-state index in [0.717, 1.165) is 0 Å². The Labute approximate surface area is 87.7 Å². The van der Waals surface area contributed by atoms with E-state index < -0.39 is 5.92 Å². The van der Waals surface area contributed by atoms with Gasteiger partial charge in [-0.15, -0.1) is 0 Å². The molecule has 0 atom stereocenters. The fourth-order valence-corrected chi connectivity index (χ4v) is 1.94. The molecular weight excluding hydrogens is 192 g/mol. The van der Waals surface area contributed by atoms with Crippen LogP contribution in [-0.2, 0) is 9.59 Å². The molecule has 2 rings (SSSR count). The van der Waals surface area contributed by atoms with Crippen LogP contribution in [0.1, 0.15) is 30.7 Å². The summed E-state index contributed by atoms with van der Waals surface area (Å²) in [6.45, 7) is 0. The molecule has 3 heteroatoms. The van der Waals surface area contributed by atoms with Crippen molar-refractivity contribution >= 4 is 11.6 Å². The molecule has 3 nitrogen and oxygen atoms in total. The molecule has 78 valence electrons. The number of benzene rings is 1. The van der Waals surface area contributed by atoms with Crippen molar-refractivity contribution in [2.45, 2.75) is 25.2 Å². The number of ketones is 2. The summed E-state index contributed by atoms with van der Waals surface area (Å²) in [7, 11) is 0. The highest BCUT2D eigenvalue weighted by Gasteiger charge is 2.30. The molecule has 1 saturated carbocycles. The molecule has 0 radical (unpaired) electrons. The highest BCUT2D eigenvalue weighted by molar-refractivity contribution is 6.09. The normalized spacial score (nSPS) is 18.1. The number of carbonyl (C=O) groups is 2. The Kier molecular flexibility index (Phi) is 2.54. The lowest BCUT2D eigenvalue weighted by Crippen LogP contribution is -2.26. The third-order valence-corrected chi connectivity index (χ3v) is 2.72. The predicted molar refractivity (Wildman–Crippen MR) is 54.7 cm³/mol. The van der Waals surface area contributed by atoms with Gasteiger partial charge in [0.05, 0.1) is 0 Å². The number of aromatic hydroxyl groups is 1. The predicted octanol–water partition coefficient (Wildman–Crippen LogP) is 1.80. The second-order valence-electron chi connectivity index (χ2n) is 3.81. The maximum atomic E-state index is 11.6. The summed E-state index contributed by atoms with van der Waals surface area (Å²) in [5.41, 5.74) is 0.697. The smallest absolute Gasteiger partial charge is 0.147 e. The first-order valence-corrected chi connectivity index (χ1v) is 5.03. The van der Waals surface area contributed by atoms with Crippen molar-refractivity contribution in [1.29, 1.82) is 0 Å². The quantitative estimate of drug-likeness (QED) is 0.709. The molecule has 1 aliphatic carbocycles. The van der Waals surface area contributed by atoms with Crippen LogP contribution in [0.3, 0.4) is 0 Å². The Hall–Kier alpha value is -1.64. The van der Waals surface area contributed by atoms with Crippen LogP contribution in [-0.4, -0.2) is 16.7 Å². The zero-order valence-corrected chi connectivity index (χ0v) is 8.27. The number of carbonyl (C=O) groups excluding carboxylic acids is 2. The van der Waals surface area contributed by atoms with E-state index in [0.29, 0.717) is 24.8 Å². The van der Waals surface area contributed by atoms with Crippen LogP contribution in [0.5, 0.6) is 5.75 Å². The topological polar surface area (TPSA) is 54.4 Å². The summed E-state index contributed by atoms with van der Waals surface area (Å²) in [5, 5.41) is 9.12. The molecule has 0 amide bonds. The first kappa shape index (κ1) is 9.90. The van der Waals surface area contributed by atoms with Crippen molar-refractivity contribution in [3.8, 4) is 5.75 Å². The number of hydrogen-bond acceptors (Lipinski definition) is 3. The molecule has 0 bridgehead atoms. The maximum Gasteiger partial charge on any atom is 0.147 e. The second kappa shape index (κ2) is 3.85. The summed E-state index contributed by atoms with van der Waals surface area (Å²) in [4.78, 5) is 23.2. The minimum absolute atomic E-state index is 0.00283. The third kappa shape index (κ3) is 1.91. The first-order chi connectivity index (χ1) is 7.18.